The lowest BCUT2D eigenvalue weighted by molar-refractivity contribution is -0.135. The summed E-state index contributed by atoms with van der Waals surface area (Å²) in [7, 11) is 1.73. The number of aromatic amines is 1. The molecule has 2 atom stereocenters. The van der Waals surface area contributed by atoms with E-state index < -0.39 is 0 Å². The van der Waals surface area contributed by atoms with Crippen LogP contribution < -0.4 is 0 Å². The summed E-state index contributed by atoms with van der Waals surface area (Å²) in [5.74, 6) is 0.488. The Labute approximate surface area is 142 Å². The molecule has 132 valence electrons. The van der Waals surface area contributed by atoms with Crippen LogP contribution in [0.1, 0.15) is 50.1 Å². The van der Waals surface area contributed by atoms with Gasteiger partial charge in [-0.3, -0.25) is 9.69 Å². The number of carbonyl (C=O) groups is 1. The van der Waals surface area contributed by atoms with Gasteiger partial charge in [0.25, 0.3) is 0 Å². The number of amides is 1. The minimum Gasteiger partial charge on any atom is -0.379 e. The van der Waals surface area contributed by atoms with Crippen molar-refractivity contribution < 1.29 is 9.53 Å². The van der Waals surface area contributed by atoms with Gasteiger partial charge in [-0.05, 0) is 25.7 Å². The van der Waals surface area contributed by atoms with Crippen LogP contribution in [0.3, 0.4) is 0 Å². The van der Waals surface area contributed by atoms with Gasteiger partial charge >= 0.3 is 0 Å². The average molecular weight is 333 g/mol. The Balaban J connectivity index is 1.40. The van der Waals surface area contributed by atoms with Crippen molar-refractivity contribution in [1.82, 2.24) is 25.2 Å². The molecule has 7 heteroatoms. The molecule has 0 radical (unpaired) electrons. The van der Waals surface area contributed by atoms with Gasteiger partial charge in [-0.15, -0.1) is 0 Å². The zero-order valence-electron chi connectivity index (χ0n) is 14.4. The zero-order valence-corrected chi connectivity index (χ0v) is 14.4. The maximum Gasteiger partial charge on any atom is 0.237 e. The van der Waals surface area contributed by atoms with Crippen molar-refractivity contribution in [2.75, 3.05) is 26.7 Å². The van der Waals surface area contributed by atoms with E-state index in [0.717, 1.165) is 18.8 Å². The Bertz CT molecular complexity index is 553. The molecule has 1 aliphatic heterocycles. The molecular weight excluding hydrogens is 306 g/mol. The van der Waals surface area contributed by atoms with Crippen LogP contribution in [-0.4, -0.2) is 76.0 Å². The Morgan fingerprint density at radius 2 is 2.04 bits per heavy atom. The van der Waals surface area contributed by atoms with Crippen molar-refractivity contribution in [1.29, 1.82) is 0 Å². The van der Waals surface area contributed by atoms with Crippen molar-refractivity contribution in [2.45, 2.75) is 62.6 Å². The van der Waals surface area contributed by atoms with Crippen molar-refractivity contribution in [3.63, 3.8) is 0 Å². The first-order valence-corrected chi connectivity index (χ1v) is 9.18. The second-order valence-electron chi connectivity index (χ2n) is 7.44. The number of H-pyrrole nitrogens is 1. The van der Waals surface area contributed by atoms with Gasteiger partial charge in [-0.25, -0.2) is 0 Å². The molecule has 4 rings (SSSR count). The topological polar surface area (TPSA) is 74.3 Å². The van der Waals surface area contributed by atoms with Crippen LogP contribution in [0.25, 0.3) is 0 Å². The van der Waals surface area contributed by atoms with E-state index in [0.29, 0.717) is 24.5 Å². The number of hydrogen-bond donors (Lipinski definition) is 1. The van der Waals surface area contributed by atoms with Crippen molar-refractivity contribution in [3.05, 3.63) is 11.9 Å². The molecule has 2 heterocycles. The van der Waals surface area contributed by atoms with Gasteiger partial charge < -0.3 is 9.64 Å². The molecule has 1 N–H and O–H groups in total. The number of nitrogens with zero attached hydrogens (tertiary/aromatic N) is 4. The summed E-state index contributed by atoms with van der Waals surface area (Å²) in [5, 5.41) is 10.8. The van der Waals surface area contributed by atoms with Crippen LogP contribution in [0, 0.1) is 0 Å². The largest absolute Gasteiger partial charge is 0.379 e. The Kier molecular flexibility index (Phi) is 4.54. The standard InChI is InChI=1S/C17H27N5O2/c1-24-16-10-21(9-14(16)15-8-18-20-19-15)11-17(23)22(13-6-7-13)12-4-2-3-5-12/h8,12-14,16H,2-7,9-11H2,1H3,(H,18,19,20)/t14-,16+/m0/s1. The van der Waals surface area contributed by atoms with Crippen molar-refractivity contribution in [2.24, 2.45) is 0 Å². The van der Waals surface area contributed by atoms with Gasteiger partial charge in [0.2, 0.25) is 5.91 Å². The number of nitrogens with one attached hydrogen (secondary N) is 1. The smallest absolute Gasteiger partial charge is 0.237 e. The summed E-state index contributed by atoms with van der Waals surface area (Å²) in [5.41, 5.74) is 0.923. The molecule has 0 spiro atoms. The SMILES string of the molecule is CO[C@@H]1CN(CC(=O)N(C2CCCC2)C2CC2)C[C@H]1c1cn[nH]n1. The van der Waals surface area contributed by atoms with E-state index in [2.05, 4.69) is 25.2 Å². The van der Waals surface area contributed by atoms with Gasteiger partial charge in [0, 0.05) is 38.2 Å². The molecule has 3 aliphatic rings. The summed E-state index contributed by atoms with van der Waals surface area (Å²) in [6.07, 6.45) is 9.11. The molecule has 7 nitrogen and oxygen atoms in total. The van der Waals surface area contributed by atoms with Gasteiger partial charge in [0.05, 0.1) is 24.5 Å². The number of hydrogen-bond acceptors (Lipinski definition) is 5. The third-order valence-electron chi connectivity index (χ3n) is 5.76. The average Bonchev–Trinajstić information content (AvgIpc) is 3.03. The van der Waals surface area contributed by atoms with Crippen molar-refractivity contribution in [3.8, 4) is 0 Å². The van der Waals surface area contributed by atoms with E-state index in [1.807, 2.05) is 0 Å². The lowest BCUT2D eigenvalue weighted by Crippen LogP contribution is -2.45. The van der Waals surface area contributed by atoms with Crippen LogP contribution in [-0.2, 0) is 9.53 Å². The molecule has 24 heavy (non-hydrogen) atoms. The molecule has 3 fully saturated rings. The van der Waals surface area contributed by atoms with Crippen molar-refractivity contribution >= 4 is 5.91 Å². The molecule has 2 saturated carbocycles. The maximum atomic E-state index is 13.0. The first-order valence-electron chi connectivity index (χ1n) is 9.18. The second-order valence-corrected chi connectivity index (χ2v) is 7.44. The third-order valence-corrected chi connectivity index (χ3v) is 5.76. The van der Waals surface area contributed by atoms with E-state index in [1.165, 1.54) is 38.5 Å². The third kappa shape index (κ3) is 3.19. The molecule has 0 bridgehead atoms. The summed E-state index contributed by atoms with van der Waals surface area (Å²) < 4.78 is 5.63. The fourth-order valence-corrected chi connectivity index (χ4v) is 4.41. The molecule has 1 saturated heterocycles. The highest BCUT2D eigenvalue weighted by Gasteiger charge is 2.41. The number of likely N-dealkylation sites (tertiary alicyclic amines) is 1. The normalized spacial score (nSPS) is 28.5. The highest BCUT2D eigenvalue weighted by atomic mass is 16.5. The molecular formula is C17H27N5O2. The van der Waals surface area contributed by atoms with Crippen LogP contribution in [0.5, 0.6) is 0 Å². The second kappa shape index (κ2) is 6.80. The van der Waals surface area contributed by atoms with Gasteiger partial charge in [0.1, 0.15) is 0 Å². The van der Waals surface area contributed by atoms with Gasteiger partial charge in [0.15, 0.2) is 0 Å². The van der Waals surface area contributed by atoms with Crippen LogP contribution in [0.15, 0.2) is 6.20 Å². The minimum atomic E-state index is 0.0729. The summed E-state index contributed by atoms with van der Waals surface area (Å²) in [4.78, 5) is 17.4. The molecule has 0 unspecified atom stereocenters. The number of rotatable bonds is 6. The fraction of sp³-hybridized carbons (Fsp3) is 0.824. The van der Waals surface area contributed by atoms with E-state index in [1.54, 1.807) is 13.3 Å². The molecule has 1 aromatic heterocycles. The minimum absolute atomic E-state index is 0.0729. The van der Waals surface area contributed by atoms with E-state index in [-0.39, 0.29) is 12.0 Å². The Hall–Kier alpha value is -1.47. The van der Waals surface area contributed by atoms with E-state index in [9.17, 15) is 4.79 Å². The maximum absolute atomic E-state index is 13.0. The van der Waals surface area contributed by atoms with E-state index in [4.69, 9.17) is 4.74 Å². The Morgan fingerprint density at radius 1 is 1.29 bits per heavy atom. The molecule has 0 aromatic carbocycles. The predicted octanol–water partition coefficient (Wildman–Crippen LogP) is 1.15. The summed E-state index contributed by atoms with van der Waals surface area (Å²) in [6.45, 7) is 2.09. The monoisotopic (exact) mass is 333 g/mol. The Morgan fingerprint density at radius 3 is 2.67 bits per heavy atom. The van der Waals surface area contributed by atoms with Gasteiger partial charge in [-0.2, -0.15) is 15.4 Å². The van der Waals surface area contributed by atoms with Crippen LogP contribution in [0.2, 0.25) is 0 Å². The first kappa shape index (κ1) is 16.0. The fourth-order valence-electron chi connectivity index (χ4n) is 4.41. The van der Waals surface area contributed by atoms with Gasteiger partial charge in [-0.1, -0.05) is 12.8 Å². The van der Waals surface area contributed by atoms with E-state index >= 15 is 0 Å². The number of ether oxygens (including phenoxy) is 1. The summed E-state index contributed by atoms with van der Waals surface area (Å²) >= 11 is 0. The lowest BCUT2D eigenvalue weighted by Gasteiger charge is -2.31. The lowest BCUT2D eigenvalue weighted by atomic mass is 10.0. The number of carbonyl (C=O) groups excluding carboxylic acids is 1. The zero-order chi connectivity index (χ0) is 16.5. The number of aromatic nitrogens is 3. The summed E-state index contributed by atoms with van der Waals surface area (Å²) in [6, 6.07) is 0.991. The predicted molar refractivity (Wildman–Crippen MR) is 88.5 cm³/mol. The van der Waals surface area contributed by atoms with Crippen LogP contribution in [0.4, 0.5) is 0 Å². The molecule has 1 amide bonds. The quantitative estimate of drug-likeness (QED) is 0.845. The highest BCUT2D eigenvalue weighted by Crippen LogP contribution is 2.35. The number of methoxy groups -OCH3 is 1. The molecule has 2 aliphatic carbocycles. The highest BCUT2D eigenvalue weighted by molar-refractivity contribution is 5.79. The first-order chi connectivity index (χ1) is 11.8. The molecule has 1 aromatic rings. The van der Waals surface area contributed by atoms with Crippen LogP contribution >= 0.6 is 0 Å².